The molecule has 0 aromatic heterocycles. The molecule has 0 atom stereocenters. The van der Waals surface area contributed by atoms with E-state index in [9.17, 15) is 9.59 Å². The minimum Gasteiger partial charge on any atom is -0.400 e. The van der Waals surface area contributed by atoms with Crippen LogP contribution in [0.1, 0.15) is 327 Å². The third-order valence-corrected chi connectivity index (χ3v) is 17.1. The lowest BCUT2D eigenvalue weighted by Gasteiger charge is -2.20. The van der Waals surface area contributed by atoms with Crippen LogP contribution in [0, 0.1) is 35.5 Å². The summed E-state index contributed by atoms with van der Waals surface area (Å²) in [6.45, 7) is 31.1. The quantitative estimate of drug-likeness (QED) is 0.0613. The number of Topliss-reactive ketones (excluding diaryl/α,β-unsaturated/α-hetero) is 2. The molecule has 0 saturated carbocycles. The molecule has 6 heteroatoms. The lowest BCUT2D eigenvalue weighted by Crippen LogP contribution is -2.21. The number of nitrogens with zero attached hydrogens (tertiary/aromatic N) is 2. The molecule has 0 aromatic rings. The van der Waals surface area contributed by atoms with E-state index in [0.717, 1.165) is 57.8 Å². The van der Waals surface area contributed by atoms with E-state index in [1.807, 2.05) is 20.8 Å². The van der Waals surface area contributed by atoms with Crippen LogP contribution in [0.2, 0.25) is 0 Å². The molecule has 4 aliphatic rings. The molecule has 2 radical (unpaired) electrons. The van der Waals surface area contributed by atoms with Crippen LogP contribution in [-0.4, -0.2) is 86.6 Å². The number of ketones is 2. The molecule has 0 aromatic carbocycles. The Labute approximate surface area is 484 Å². The van der Waals surface area contributed by atoms with Gasteiger partial charge in [-0.2, -0.15) is 0 Å². The lowest BCUT2D eigenvalue weighted by molar-refractivity contribution is -0.125. The van der Waals surface area contributed by atoms with Crippen molar-refractivity contribution in [1.82, 2.24) is 9.80 Å². The number of hydrogen-bond donors (Lipinski definition) is 1. The molecule has 2 aliphatic carbocycles. The normalized spacial score (nSPS) is 15.0. The van der Waals surface area contributed by atoms with Crippen molar-refractivity contribution in [3.8, 4) is 0 Å². The molecule has 77 heavy (non-hydrogen) atoms. The molecule has 4 rings (SSSR count). The number of likely N-dealkylation sites (tertiary alicyclic amines) is 2. The predicted molar refractivity (Wildman–Crippen MR) is 342 cm³/mol. The van der Waals surface area contributed by atoms with E-state index in [-0.39, 0.29) is 10.8 Å². The highest BCUT2D eigenvalue weighted by molar-refractivity contribution is 5.81. The number of unbranched alkanes of at least 4 members (excludes halogenated alkanes) is 20. The second-order valence-corrected chi connectivity index (χ2v) is 25.3. The van der Waals surface area contributed by atoms with Crippen molar-refractivity contribution in [3.63, 3.8) is 0 Å². The van der Waals surface area contributed by atoms with Crippen LogP contribution in [0.3, 0.4) is 0 Å². The Kier molecular flexibility index (Phi) is 55.7. The van der Waals surface area contributed by atoms with Gasteiger partial charge in [0.1, 0.15) is 11.6 Å². The van der Waals surface area contributed by atoms with Crippen LogP contribution < -0.4 is 0 Å². The van der Waals surface area contributed by atoms with Crippen molar-refractivity contribution < 1.29 is 19.4 Å². The highest BCUT2D eigenvalue weighted by atomic mass is 16.5. The first-order valence-electron chi connectivity index (χ1n) is 33.7. The Morgan fingerprint density at radius 2 is 0.883 bits per heavy atom. The van der Waals surface area contributed by atoms with Crippen molar-refractivity contribution in [3.05, 3.63) is 36.1 Å². The number of rotatable bonds is 44. The number of allylic oxidation sites excluding steroid dienone is 4. The summed E-state index contributed by atoms with van der Waals surface area (Å²) in [5, 5.41) is 7.00. The third-order valence-electron chi connectivity index (χ3n) is 17.1. The first-order valence-corrected chi connectivity index (χ1v) is 33.7. The maximum Gasteiger partial charge on any atom is 0.135 e. The summed E-state index contributed by atoms with van der Waals surface area (Å²) in [5.74, 6) is 2.56. The van der Waals surface area contributed by atoms with Gasteiger partial charge in [-0.05, 0) is 149 Å². The second-order valence-electron chi connectivity index (χ2n) is 25.3. The third kappa shape index (κ3) is 52.5. The first-order chi connectivity index (χ1) is 37.2. The summed E-state index contributed by atoms with van der Waals surface area (Å²) >= 11 is 0. The highest BCUT2D eigenvalue weighted by Gasteiger charge is 2.24. The van der Waals surface area contributed by atoms with Gasteiger partial charge in [0.05, 0.1) is 0 Å². The van der Waals surface area contributed by atoms with Crippen molar-refractivity contribution in [2.45, 2.75) is 327 Å². The zero-order valence-electron chi connectivity index (χ0n) is 54.6. The smallest absolute Gasteiger partial charge is 0.135 e. The minimum absolute atomic E-state index is 0.102. The average molecular weight is 1080 g/mol. The van der Waals surface area contributed by atoms with E-state index in [0.29, 0.717) is 11.6 Å². The van der Waals surface area contributed by atoms with Crippen LogP contribution in [-0.2, 0) is 14.3 Å². The standard InChI is InChI=1S/C20H37.C17H31.C15H29NO.C13H26O2.C5H11N.CH4O/c1-3-5-7-9-11-13-15-19(20-17-18-20)16-14-12-10-8-6-4-2;1-3-5-7-10-16(11-8-6-4-2)12-9-13-17-14-15-17;1-14(17)15(2,3)10-6-4-5-7-11-16-12-8-9-13-16;1-5-15-11-9-7-6-8-10-13(3,4)12(2)14;1-6-4-2-3-5-6;1-2/h17-19H,3-16H2,1-2H3;14-16H,3-13H2,1-2H3;4-13H2,1-3H3;5-11H2,1-4H3;2-5H2,1H3;2H,1H3. The van der Waals surface area contributed by atoms with Gasteiger partial charge in [0, 0.05) is 44.0 Å². The number of ether oxygens (including phenoxy) is 1. The Bertz CT molecular complexity index is 1310. The number of carbonyl (C=O) groups excluding carboxylic acids is 2. The van der Waals surface area contributed by atoms with Crippen LogP contribution in [0.5, 0.6) is 0 Å². The molecule has 0 spiro atoms. The molecule has 1 N–H and O–H groups in total. The van der Waals surface area contributed by atoms with Crippen molar-refractivity contribution >= 4 is 11.6 Å². The monoisotopic (exact) mass is 1080 g/mol. The van der Waals surface area contributed by atoms with E-state index < -0.39 is 0 Å². The van der Waals surface area contributed by atoms with Crippen LogP contribution in [0.25, 0.3) is 0 Å². The van der Waals surface area contributed by atoms with Crippen LogP contribution in [0.4, 0.5) is 0 Å². The SMILES string of the molecule is CC(=O)C(C)(C)CCCCCCN1CCCC1.CCCCCC(CCCCC)CCCC1=C[CH]1.CCCCCCCCC(CCCCCCCC)C1=C[CH]1.CCOCCCCCCC(C)(C)C(C)=O.CN1CCCC1.CO. The highest BCUT2D eigenvalue weighted by Crippen LogP contribution is 2.35. The summed E-state index contributed by atoms with van der Waals surface area (Å²) in [4.78, 5) is 27.5. The van der Waals surface area contributed by atoms with Gasteiger partial charge in [0.15, 0.2) is 0 Å². The Morgan fingerprint density at radius 3 is 1.29 bits per heavy atom. The van der Waals surface area contributed by atoms with Gasteiger partial charge >= 0.3 is 0 Å². The summed E-state index contributed by atoms with van der Waals surface area (Å²) in [6.07, 6.45) is 62.6. The molecule has 2 saturated heterocycles. The van der Waals surface area contributed by atoms with E-state index >= 15 is 0 Å². The van der Waals surface area contributed by atoms with E-state index in [2.05, 4.69) is 83.4 Å². The lowest BCUT2D eigenvalue weighted by atomic mass is 9.83. The Morgan fingerprint density at radius 1 is 0.506 bits per heavy atom. The molecule has 456 valence electrons. The maximum absolute atomic E-state index is 11.4. The van der Waals surface area contributed by atoms with Gasteiger partial charge in [0.25, 0.3) is 0 Å². The second kappa shape index (κ2) is 55.2. The summed E-state index contributed by atoms with van der Waals surface area (Å²) in [5.41, 5.74) is 3.05. The number of carbonyl (C=O) groups is 2. The molecule has 2 heterocycles. The molecule has 2 fully saturated rings. The molecule has 6 nitrogen and oxygen atoms in total. The van der Waals surface area contributed by atoms with E-state index in [1.165, 1.54) is 257 Å². The van der Waals surface area contributed by atoms with Gasteiger partial charge in [-0.3, -0.25) is 9.59 Å². The molecule has 2 aliphatic heterocycles. The number of aliphatic hydroxyl groups is 1. The fraction of sp³-hybridized carbons (Fsp3) is 0.887. The maximum atomic E-state index is 11.4. The van der Waals surface area contributed by atoms with E-state index in [1.54, 1.807) is 25.0 Å². The molecule has 0 amide bonds. The predicted octanol–water partition coefficient (Wildman–Crippen LogP) is 20.9. The fourth-order valence-corrected chi connectivity index (χ4v) is 10.5. The van der Waals surface area contributed by atoms with Gasteiger partial charge in [0.2, 0.25) is 0 Å². The van der Waals surface area contributed by atoms with Gasteiger partial charge < -0.3 is 19.6 Å². The van der Waals surface area contributed by atoms with Crippen molar-refractivity contribution in [1.29, 1.82) is 0 Å². The van der Waals surface area contributed by atoms with Crippen LogP contribution >= 0.6 is 0 Å². The van der Waals surface area contributed by atoms with Gasteiger partial charge in [-0.25, -0.2) is 0 Å². The topological polar surface area (TPSA) is 70.1 Å². The minimum atomic E-state index is -0.125. The van der Waals surface area contributed by atoms with Gasteiger partial charge in [-0.15, -0.1) is 0 Å². The first kappa shape index (κ1) is 77.7. The zero-order valence-corrected chi connectivity index (χ0v) is 54.6. The fourth-order valence-electron chi connectivity index (χ4n) is 10.5. The molecule has 0 bridgehead atoms. The van der Waals surface area contributed by atoms with Crippen molar-refractivity contribution in [2.24, 2.45) is 22.7 Å². The Hall–Kier alpha value is -1.34. The Balaban J connectivity index is 0. The zero-order chi connectivity index (χ0) is 57.7. The van der Waals surface area contributed by atoms with Gasteiger partial charge in [-0.1, -0.05) is 252 Å². The molecular weight excluding hydrogens is 945 g/mol. The van der Waals surface area contributed by atoms with Crippen molar-refractivity contribution in [2.75, 3.05) is 60.1 Å². The van der Waals surface area contributed by atoms with E-state index in [4.69, 9.17) is 9.84 Å². The summed E-state index contributed by atoms with van der Waals surface area (Å²) < 4.78 is 5.27. The largest absolute Gasteiger partial charge is 0.400 e. The van der Waals surface area contributed by atoms with Crippen LogP contribution in [0.15, 0.2) is 23.3 Å². The number of hydrogen-bond acceptors (Lipinski definition) is 6. The number of aliphatic hydroxyl groups excluding tert-OH is 1. The summed E-state index contributed by atoms with van der Waals surface area (Å²) in [6, 6.07) is 0. The molecule has 0 unspecified atom stereocenters. The average Bonchev–Trinajstić information content (AvgIpc) is 4.33. The molecular formula is C71H138N2O4. The summed E-state index contributed by atoms with van der Waals surface area (Å²) in [7, 11) is 3.17.